The molecule has 30 heavy (non-hydrogen) atoms. The topological polar surface area (TPSA) is 96.9 Å². The van der Waals surface area contributed by atoms with Gasteiger partial charge in [0.1, 0.15) is 17.2 Å². The van der Waals surface area contributed by atoms with Crippen LogP contribution in [0.5, 0.6) is 11.5 Å². The Kier molecular flexibility index (Phi) is 5.43. The summed E-state index contributed by atoms with van der Waals surface area (Å²) in [6, 6.07) is 13.9. The van der Waals surface area contributed by atoms with Crippen LogP contribution < -0.4 is 4.74 Å². The number of hydrogen-bond acceptors (Lipinski definition) is 6. The maximum Gasteiger partial charge on any atom is 0.273 e. The molecule has 3 aromatic rings. The monoisotopic (exact) mass is 409 g/mol. The van der Waals surface area contributed by atoms with Crippen molar-refractivity contribution in [3.63, 3.8) is 0 Å². The van der Waals surface area contributed by atoms with E-state index in [9.17, 15) is 9.90 Å². The van der Waals surface area contributed by atoms with Gasteiger partial charge in [0.25, 0.3) is 5.91 Å². The van der Waals surface area contributed by atoms with Crippen molar-refractivity contribution >= 4 is 5.91 Å². The van der Waals surface area contributed by atoms with Gasteiger partial charge < -0.3 is 24.2 Å². The first-order valence-corrected chi connectivity index (χ1v) is 9.45. The molecule has 4 rings (SSSR count). The minimum Gasteiger partial charge on any atom is -0.508 e. The molecule has 0 radical (unpaired) electrons. The standard InChI is InChI=1S/C22H23N3O5/c1-28-16-9-5-6-13(11-16)19-18-20(24-23-19)22(27)25(12-17(29-2)30-3)21(18)14-7-4-8-15(26)10-14/h4-11,17,21,26H,12H2,1-3H3,(H,23,24). The number of H-pyrrole nitrogens is 1. The van der Waals surface area contributed by atoms with E-state index in [1.807, 2.05) is 30.3 Å². The summed E-state index contributed by atoms with van der Waals surface area (Å²) in [4.78, 5) is 14.9. The van der Waals surface area contributed by atoms with Crippen molar-refractivity contribution in [2.45, 2.75) is 12.3 Å². The Morgan fingerprint density at radius 3 is 2.60 bits per heavy atom. The van der Waals surface area contributed by atoms with Crippen LogP contribution in [0.1, 0.15) is 27.7 Å². The number of aromatic hydroxyl groups is 1. The molecule has 2 heterocycles. The summed E-state index contributed by atoms with van der Waals surface area (Å²) in [7, 11) is 4.66. The van der Waals surface area contributed by atoms with E-state index in [2.05, 4.69) is 10.2 Å². The second kappa shape index (κ2) is 8.17. The van der Waals surface area contributed by atoms with Crippen molar-refractivity contribution in [1.29, 1.82) is 0 Å². The highest BCUT2D eigenvalue weighted by Gasteiger charge is 2.43. The van der Waals surface area contributed by atoms with Crippen LogP contribution in [0.4, 0.5) is 0 Å². The van der Waals surface area contributed by atoms with Gasteiger partial charge in [0.15, 0.2) is 6.29 Å². The van der Waals surface area contributed by atoms with E-state index < -0.39 is 12.3 Å². The largest absolute Gasteiger partial charge is 0.508 e. The van der Waals surface area contributed by atoms with Crippen molar-refractivity contribution in [3.05, 3.63) is 65.4 Å². The average molecular weight is 409 g/mol. The summed E-state index contributed by atoms with van der Waals surface area (Å²) in [5, 5.41) is 17.4. The zero-order chi connectivity index (χ0) is 21.3. The molecule has 0 saturated heterocycles. The smallest absolute Gasteiger partial charge is 0.273 e. The zero-order valence-electron chi connectivity index (χ0n) is 17.0. The molecule has 0 bridgehead atoms. The van der Waals surface area contributed by atoms with Gasteiger partial charge in [-0.1, -0.05) is 24.3 Å². The van der Waals surface area contributed by atoms with Gasteiger partial charge in [0.05, 0.1) is 25.4 Å². The Hall–Kier alpha value is -3.36. The summed E-state index contributed by atoms with van der Waals surface area (Å²) in [5.74, 6) is 0.604. The van der Waals surface area contributed by atoms with E-state index >= 15 is 0 Å². The first-order valence-electron chi connectivity index (χ1n) is 9.45. The normalized spacial score (nSPS) is 15.7. The first kappa shape index (κ1) is 19.9. The van der Waals surface area contributed by atoms with Gasteiger partial charge >= 0.3 is 0 Å². The number of methoxy groups -OCH3 is 3. The molecule has 0 fully saturated rings. The van der Waals surface area contributed by atoms with Crippen LogP contribution in [-0.4, -0.2) is 60.3 Å². The van der Waals surface area contributed by atoms with E-state index in [4.69, 9.17) is 14.2 Å². The predicted octanol–water partition coefficient (Wildman–Crippen LogP) is 2.96. The molecule has 8 nitrogen and oxygen atoms in total. The van der Waals surface area contributed by atoms with Crippen LogP contribution in [0.25, 0.3) is 11.3 Å². The third-order valence-corrected chi connectivity index (χ3v) is 5.26. The van der Waals surface area contributed by atoms with E-state index in [1.54, 1.807) is 30.2 Å². The number of benzene rings is 2. The van der Waals surface area contributed by atoms with Crippen LogP contribution in [0.2, 0.25) is 0 Å². The Bertz CT molecular complexity index is 1060. The number of ether oxygens (including phenoxy) is 3. The number of phenols is 1. The first-order chi connectivity index (χ1) is 14.6. The van der Waals surface area contributed by atoms with E-state index in [1.165, 1.54) is 14.2 Å². The van der Waals surface area contributed by atoms with Gasteiger partial charge in [-0.2, -0.15) is 5.10 Å². The summed E-state index contributed by atoms with van der Waals surface area (Å²) < 4.78 is 16.0. The van der Waals surface area contributed by atoms with Crippen LogP contribution in [0.15, 0.2) is 48.5 Å². The minimum atomic E-state index is -0.592. The number of fused-ring (bicyclic) bond motifs is 1. The fourth-order valence-corrected chi connectivity index (χ4v) is 3.82. The summed E-state index contributed by atoms with van der Waals surface area (Å²) in [5.41, 5.74) is 3.39. The number of amides is 1. The number of aromatic amines is 1. The van der Waals surface area contributed by atoms with E-state index in [-0.39, 0.29) is 18.2 Å². The predicted molar refractivity (Wildman–Crippen MR) is 109 cm³/mol. The lowest BCUT2D eigenvalue weighted by molar-refractivity contribution is -0.113. The Labute approximate surface area is 174 Å². The molecule has 156 valence electrons. The molecular formula is C22H23N3O5. The molecule has 0 spiro atoms. The molecular weight excluding hydrogens is 386 g/mol. The maximum absolute atomic E-state index is 13.3. The molecule has 2 N–H and O–H groups in total. The number of hydrogen-bond donors (Lipinski definition) is 2. The van der Waals surface area contributed by atoms with Crippen molar-refractivity contribution in [3.8, 4) is 22.8 Å². The fourth-order valence-electron chi connectivity index (χ4n) is 3.82. The van der Waals surface area contributed by atoms with E-state index in [0.717, 1.165) is 16.7 Å². The molecule has 1 aliphatic heterocycles. The molecule has 1 unspecified atom stereocenters. The van der Waals surface area contributed by atoms with Crippen molar-refractivity contribution in [1.82, 2.24) is 15.1 Å². The number of phenolic OH excluding ortho intramolecular Hbond substituents is 1. The second-order valence-corrected chi connectivity index (χ2v) is 6.95. The van der Waals surface area contributed by atoms with Crippen LogP contribution in [0.3, 0.4) is 0 Å². The Morgan fingerprint density at radius 1 is 1.13 bits per heavy atom. The van der Waals surface area contributed by atoms with Crippen LogP contribution >= 0.6 is 0 Å². The van der Waals surface area contributed by atoms with Crippen molar-refractivity contribution in [2.24, 2.45) is 0 Å². The number of nitrogens with one attached hydrogen (secondary N) is 1. The molecule has 1 atom stereocenters. The quantitative estimate of drug-likeness (QED) is 0.583. The van der Waals surface area contributed by atoms with Gasteiger partial charge in [-0.15, -0.1) is 0 Å². The zero-order valence-corrected chi connectivity index (χ0v) is 17.0. The van der Waals surface area contributed by atoms with Crippen molar-refractivity contribution < 1.29 is 24.1 Å². The lowest BCUT2D eigenvalue weighted by Gasteiger charge is -2.29. The molecule has 2 aromatic carbocycles. The number of carbonyl (C=O) groups excluding carboxylic acids is 1. The van der Waals surface area contributed by atoms with Crippen molar-refractivity contribution in [2.75, 3.05) is 27.9 Å². The Balaban J connectivity index is 1.86. The summed E-state index contributed by atoms with van der Waals surface area (Å²) >= 11 is 0. The number of carbonyl (C=O) groups is 1. The average Bonchev–Trinajstić information content (AvgIpc) is 3.31. The molecule has 1 aliphatic rings. The number of rotatable bonds is 7. The summed E-state index contributed by atoms with van der Waals surface area (Å²) in [6.45, 7) is 0.215. The van der Waals surface area contributed by atoms with Gasteiger partial charge in [-0.05, 0) is 29.8 Å². The highest BCUT2D eigenvalue weighted by molar-refractivity contribution is 6.00. The highest BCUT2D eigenvalue weighted by atomic mass is 16.7. The lowest BCUT2D eigenvalue weighted by atomic mass is 9.96. The second-order valence-electron chi connectivity index (χ2n) is 6.95. The number of nitrogens with zero attached hydrogens (tertiary/aromatic N) is 2. The molecule has 0 saturated carbocycles. The molecule has 0 aliphatic carbocycles. The molecule has 1 aromatic heterocycles. The number of aromatic nitrogens is 2. The minimum absolute atomic E-state index is 0.120. The van der Waals surface area contributed by atoms with Gasteiger partial charge in [0.2, 0.25) is 0 Å². The fraction of sp³-hybridized carbons (Fsp3) is 0.273. The van der Waals surface area contributed by atoms with Gasteiger partial charge in [-0.25, -0.2) is 0 Å². The molecule has 1 amide bonds. The summed E-state index contributed by atoms with van der Waals surface area (Å²) in [6.07, 6.45) is -0.592. The molecule has 8 heteroatoms. The Morgan fingerprint density at radius 2 is 1.90 bits per heavy atom. The third kappa shape index (κ3) is 3.40. The van der Waals surface area contributed by atoms with E-state index in [0.29, 0.717) is 17.1 Å². The SMILES string of the molecule is COc1cccc(-c2n[nH]c3c2C(c2cccc(O)c2)N(CC(OC)OC)C3=O)c1. The maximum atomic E-state index is 13.3. The third-order valence-electron chi connectivity index (χ3n) is 5.26. The van der Waals surface area contributed by atoms with Gasteiger partial charge in [-0.3, -0.25) is 9.89 Å². The van der Waals surface area contributed by atoms with Crippen LogP contribution in [0, 0.1) is 0 Å². The lowest BCUT2D eigenvalue weighted by Crippen LogP contribution is -2.38. The highest BCUT2D eigenvalue weighted by Crippen LogP contribution is 2.43. The van der Waals surface area contributed by atoms with Gasteiger partial charge in [0, 0.05) is 25.3 Å². The van der Waals surface area contributed by atoms with Crippen LogP contribution in [-0.2, 0) is 9.47 Å².